The highest BCUT2D eigenvalue weighted by Gasteiger charge is 2.37. The number of carbonyl (C=O) groups is 1. The Hall–Kier alpha value is -2.88. The van der Waals surface area contributed by atoms with Crippen LogP contribution < -0.4 is 10.2 Å². The number of aromatic nitrogens is 2. The first kappa shape index (κ1) is 20.8. The number of halogens is 3. The molecule has 0 fully saturated rings. The van der Waals surface area contributed by atoms with Gasteiger partial charge in [-0.05, 0) is 44.3 Å². The molecule has 1 aliphatic rings. The van der Waals surface area contributed by atoms with Gasteiger partial charge in [-0.2, -0.15) is 18.3 Å². The molecule has 1 unspecified atom stereocenters. The molecule has 1 atom stereocenters. The number of benzene rings is 1. The van der Waals surface area contributed by atoms with Crippen molar-refractivity contribution in [3.8, 4) is 0 Å². The lowest BCUT2D eigenvalue weighted by molar-refractivity contribution is -0.139. The number of hydrogen-bond donors (Lipinski definition) is 1. The van der Waals surface area contributed by atoms with Crippen LogP contribution in [-0.2, 0) is 22.8 Å². The highest BCUT2D eigenvalue weighted by molar-refractivity contribution is 7.80. The van der Waals surface area contributed by atoms with E-state index in [2.05, 4.69) is 10.4 Å². The quantitative estimate of drug-likeness (QED) is 0.597. The number of ether oxygens (including phenoxy) is 1. The largest absolute Gasteiger partial charge is 0.463 e. The third-order valence-corrected chi connectivity index (χ3v) is 4.77. The van der Waals surface area contributed by atoms with Crippen LogP contribution in [0.3, 0.4) is 0 Å². The van der Waals surface area contributed by atoms with Crippen LogP contribution in [0.1, 0.15) is 31.0 Å². The number of esters is 1. The highest BCUT2D eigenvalue weighted by Crippen LogP contribution is 2.36. The number of rotatable bonds is 4. The fraction of sp³-hybridized carbons (Fsp3) is 0.316. The number of allylic oxidation sites excluding steroid dienone is 1. The first-order chi connectivity index (χ1) is 13.6. The van der Waals surface area contributed by atoms with E-state index >= 15 is 0 Å². The van der Waals surface area contributed by atoms with Crippen molar-refractivity contribution in [2.45, 2.75) is 26.1 Å². The fourth-order valence-electron chi connectivity index (χ4n) is 3.19. The van der Waals surface area contributed by atoms with Crippen LogP contribution in [0.2, 0.25) is 0 Å². The fourth-order valence-corrected chi connectivity index (χ4v) is 3.55. The maximum Gasteiger partial charge on any atom is 0.416 e. The number of carbonyl (C=O) groups excluding carboxylic acids is 1. The van der Waals surface area contributed by atoms with Crippen molar-refractivity contribution in [1.29, 1.82) is 0 Å². The van der Waals surface area contributed by atoms with Gasteiger partial charge >= 0.3 is 12.1 Å². The van der Waals surface area contributed by atoms with E-state index in [1.807, 2.05) is 0 Å². The van der Waals surface area contributed by atoms with Crippen molar-refractivity contribution in [2.24, 2.45) is 7.05 Å². The Morgan fingerprint density at radius 1 is 1.38 bits per heavy atom. The zero-order chi connectivity index (χ0) is 21.3. The minimum Gasteiger partial charge on any atom is -0.463 e. The van der Waals surface area contributed by atoms with Gasteiger partial charge in [-0.15, -0.1) is 0 Å². The normalized spacial score (nSPS) is 17.4. The van der Waals surface area contributed by atoms with Gasteiger partial charge in [-0.25, -0.2) is 4.79 Å². The maximum absolute atomic E-state index is 13.2. The summed E-state index contributed by atoms with van der Waals surface area (Å²) in [6.07, 6.45) is -1.18. The summed E-state index contributed by atoms with van der Waals surface area (Å²) in [4.78, 5) is 14.1. The summed E-state index contributed by atoms with van der Waals surface area (Å²) in [5.74, 6) is -0.578. The Kier molecular flexibility index (Phi) is 5.65. The Labute approximate surface area is 170 Å². The SMILES string of the molecule is CCOC(=O)C1=C(C)N(c2cccc(C(F)(F)F)c2)C(=S)NC1c1cnn(C)c1. The monoisotopic (exact) mass is 424 g/mol. The molecule has 0 saturated carbocycles. The molecule has 2 heterocycles. The number of alkyl halides is 3. The van der Waals surface area contributed by atoms with Crippen LogP contribution in [0.25, 0.3) is 0 Å². The van der Waals surface area contributed by atoms with Gasteiger partial charge in [0.05, 0.1) is 30.0 Å². The zero-order valence-electron chi connectivity index (χ0n) is 15.9. The van der Waals surface area contributed by atoms with Crippen molar-refractivity contribution >= 4 is 29.0 Å². The molecule has 0 aliphatic carbocycles. The van der Waals surface area contributed by atoms with E-state index in [0.29, 0.717) is 11.3 Å². The van der Waals surface area contributed by atoms with Crippen molar-refractivity contribution in [3.05, 3.63) is 59.1 Å². The van der Waals surface area contributed by atoms with Crippen molar-refractivity contribution in [3.63, 3.8) is 0 Å². The number of hydrogen-bond acceptors (Lipinski definition) is 4. The van der Waals surface area contributed by atoms with Gasteiger partial charge in [0.2, 0.25) is 0 Å². The maximum atomic E-state index is 13.2. The van der Waals surface area contributed by atoms with Gasteiger partial charge < -0.3 is 10.1 Å². The lowest BCUT2D eigenvalue weighted by atomic mass is 9.97. The first-order valence-electron chi connectivity index (χ1n) is 8.77. The van der Waals surface area contributed by atoms with Crippen LogP contribution in [0.15, 0.2) is 47.9 Å². The average Bonchev–Trinajstić information content (AvgIpc) is 3.07. The second kappa shape index (κ2) is 7.86. The molecule has 154 valence electrons. The van der Waals surface area contributed by atoms with E-state index in [1.54, 1.807) is 38.0 Å². The molecular formula is C19H19F3N4O2S. The van der Waals surface area contributed by atoms with Crippen LogP contribution in [0.4, 0.5) is 18.9 Å². The Morgan fingerprint density at radius 2 is 2.10 bits per heavy atom. The number of aryl methyl sites for hydroxylation is 1. The lowest BCUT2D eigenvalue weighted by Gasteiger charge is -2.37. The average molecular weight is 424 g/mol. The smallest absolute Gasteiger partial charge is 0.416 e. The van der Waals surface area contributed by atoms with Gasteiger partial charge in [0.1, 0.15) is 0 Å². The molecule has 1 aromatic heterocycles. The van der Waals surface area contributed by atoms with Crippen LogP contribution >= 0.6 is 12.2 Å². The molecule has 10 heteroatoms. The minimum absolute atomic E-state index is 0.156. The van der Waals surface area contributed by atoms with E-state index in [4.69, 9.17) is 17.0 Å². The topological polar surface area (TPSA) is 59.4 Å². The number of nitrogens with zero attached hydrogens (tertiary/aromatic N) is 3. The summed E-state index contributed by atoms with van der Waals surface area (Å²) >= 11 is 5.43. The third-order valence-electron chi connectivity index (χ3n) is 4.47. The first-order valence-corrected chi connectivity index (χ1v) is 9.18. The highest BCUT2D eigenvalue weighted by atomic mass is 32.1. The number of nitrogens with one attached hydrogen (secondary N) is 1. The molecule has 1 N–H and O–H groups in total. The van der Waals surface area contributed by atoms with Gasteiger partial charge in [0.15, 0.2) is 5.11 Å². The second-order valence-corrected chi connectivity index (χ2v) is 6.82. The third kappa shape index (κ3) is 4.12. The van der Waals surface area contributed by atoms with Gasteiger partial charge in [-0.3, -0.25) is 9.58 Å². The van der Waals surface area contributed by atoms with Gasteiger partial charge in [0, 0.05) is 30.2 Å². The molecule has 0 amide bonds. The summed E-state index contributed by atoms with van der Waals surface area (Å²) in [6, 6.07) is 4.14. The van der Waals surface area contributed by atoms with Crippen molar-refractivity contribution in [1.82, 2.24) is 15.1 Å². The molecular weight excluding hydrogens is 405 g/mol. The summed E-state index contributed by atoms with van der Waals surface area (Å²) in [6.45, 7) is 3.46. The van der Waals surface area contributed by atoms with Crippen molar-refractivity contribution < 1.29 is 22.7 Å². The summed E-state index contributed by atoms with van der Waals surface area (Å²) in [5, 5.41) is 7.32. The molecule has 0 radical (unpaired) electrons. The van der Waals surface area contributed by atoms with Crippen LogP contribution in [0, 0.1) is 0 Å². The predicted octanol–water partition coefficient (Wildman–Crippen LogP) is 3.71. The van der Waals surface area contributed by atoms with E-state index in [1.165, 1.54) is 17.0 Å². The predicted molar refractivity (Wildman–Crippen MR) is 105 cm³/mol. The standard InChI is InChI=1S/C19H19F3N4O2S/c1-4-28-17(27)15-11(2)26(14-7-5-6-13(8-14)19(20,21)22)18(29)24-16(15)12-9-23-25(3)10-12/h5-10,16H,4H2,1-3H3,(H,24,29). The molecule has 2 aromatic rings. The van der Waals surface area contributed by atoms with Crippen LogP contribution in [0.5, 0.6) is 0 Å². The molecule has 0 spiro atoms. The van der Waals surface area contributed by atoms with E-state index in [0.717, 1.165) is 12.1 Å². The number of anilines is 1. The van der Waals surface area contributed by atoms with Crippen LogP contribution in [-0.4, -0.2) is 27.5 Å². The molecule has 1 aliphatic heterocycles. The molecule has 3 rings (SSSR count). The minimum atomic E-state index is -4.50. The van der Waals surface area contributed by atoms with E-state index < -0.39 is 23.8 Å². The summed E-state index contributed by atoms with van der Waals surface area (Å²) in [5.41, 5.74) is 0.714. The Balaban J connectivity index is 2.13. The molecule has 0 saturated heterocycles. The molecule has 6 nitrogen and oxygen atoms in total. The Morgan fingerprint density at radius 3 is 2.69 bits per heavy atom. The van der Waals surface area contributed by atoms with E-state index in [-0.39, 0.29) is 23.0 Å². The number of thiocarbonyl (C=S) groups is 1. The summed E-state index contributed by atoms with van der Waals surface area (Å²) in [7, 11) is 1.74. The second-order valence-electron chi connectivity index (χ2n) is 6.43. The van der Waals surface area contributed by atoms with E-state index in [9.17, 15) is 18.0 Å². The van der Waals surface area contributed by atoms with Gasteiger partial charge in [-0.1, -0.05) is 6.07 Å². The molecule has 0 bridgehead atoms. The zero-order valence-corrected chi connectivity index (χ0v) is 16.8. The Bertz CT molecular complexity index is 984. The summed E-state index contributed by atoms with van der Waals surface area (Å²) < 4.78 is 46.2. The van der Waals surface area contributed by atoms with Crippen molar-refractivity contribution in [2.75, 3.05) is 11.5 Å². The molecule has 1 aromatic carbocycles. The van der Waals surface area contributed by atoms with Gasteiger partial charge in [0.25, 0.3) is 0 Å². The lowest BCUT2D eigenvalue weighted by Crippen LogP contribution is -2.48. The molecule has 29 heavy (non-hydrogen) atoms.